The molecule has 0 spiro atoms. The molecule has 11 nitrogen and oxygen atoms in total. The molecule has 0 aromatic rings. The third-order valence-corrected chi connectivity index (χ3v) is 5.11. The van der Waals surface area contributed by atoms with Crippen molar-refractivity contribution in [1.82, 2.24) is 15.3 Å². The van der Waals surface area contributed by atoms with Crippen molar-refractivity contribution in [3.8, 4) is 0 Å². The molecule has 0 bridgehead atoms. The van der Waals surface area contributed by atoms with E-state index in [1.54, 1.807) is 41.5 Å². The molecule has 2 saturated heterocycles. The van der Waals surface area contributed by atoms with Gasteiger partial charge in [0.1, 0.15) is 17.2 Å². The minimum atomic E-state index is -0.940. The van der Waals surface area contributed by atoms with Gasteiger partial charge < -0.3 is 24.4 Å². The Labute approximate surface area is 186 Å². The summed E-state index contributed by atoms with van der Waals surface area (Å²) in [7, 11) is 0. The first-order chi connectivity index (χ1) is 14.7. The number of hydrogen-bond donors (Lipinski definition) is 1. The van der Waals surface area contributed by atoms with E-state index in [9.17, 15) is 19.2 Å². The van der Waals surface area contributed by atoms with Gasteiger partial charge in [-0.05, 0) is 48.0 Å². The van der Waals surface area contributed by atoms with E-state index in [2.05, 4.69) is 5.32 Å². The normalized spacial score (nSPS) is 25.0. The summed E-state index contributed by atoms with van der Waals surface area (Å²) in [5.74, 6) is -0.722. The predicted octanol–water partition coefficient (Wildman–Crippen LogP) is 2.07. The van der Waals surface area contributed by atoms with Crippen LogP contribution in [0.2, 0.25) is 0 Å². The summed E-state index contributed by atoms with van der Waals surface area (Å²) in [6.45, 7) is 12.0. The summed E-state index contributed by atoms with van der Waals surface area (Å²) in [6, 6.07) is -1.12. The van der Waals surface area contributed by atoms with Crippen LogP contribution < -0.4 is 5.32 Å². The Kier molecular flexibility index (Phi) is 6.16. The lowest BCUT2D eigenvalue weighted by atomic mass is 9.79. The number of nitrogens with one attached hydrogen (secondary N) is 1. The molecule has 3 heterocycles. The fourth-order valence-electron chi connectivity index (χ4n) is 4.05. The maximum absolute atomic E-state index is 13.0. The molecule has 0 aromatic heterocycles. The lowest BCUT2D eigenvalue weighted by Crippen LogP contribution is -2.72. The lowest BCUT2D eigenvalue weighted by molar-refractivity contribution is -0.223. The second-order valence-electron chi connectivity index (χ2n) is 10.0. The van der Waals surface area contributed by atoms with E-state index in [-0.39, 0.29) is 42.7 Å². The van der Waals surface area contributed by atoms with Gasteiger partial charge in [-0.15, -0.1) is 5.06 Å². The molecule has 3 aliphatic heterocycles. The molecule has 3 atom stereocenters. The highest BCUT2D eigenvalue weighted by atomic mass is 16.8. The van der Waals surface area contributed by atoms with E-state index in [4.69, 9.17) is 19.0 Å². The topological polar surface area (TPSA) is 124 Å². The smallest absolute Gasteiger partial charge is 0.428 e. The zero-order chi connectivity index (χ0) is 24.0. The summed E-state index contributed by atoms with van der Waals surface area (Å²) in [5.41, 5.74) is -0.885. The second kappa shape index (κ2) is 8.27. The number of hydroxylamine groups is 2. The average Bonchev–Trinajstić information content (AvgIpc) is 2.86. The number of hydrogen-bond acceptors (Lipinski definition) is 9. The van der Waals surface area contributed by atoms with E-state index < -0.39 is 29.6 Å². The van der Waals surface area contributed by atoms with Crippen LogP contribution in [0.4, 0.5) is 9.59 Å². The molecule has 2 fully saturated rings. The number of carbonyl (C=O) groups excluding carboxylic acids is 4. The number of β-lactam (4-membered cyclic amide) rings is 1. The van der Waals surface area contributed by atoms with E-state index in [0.29, 0.717) is 12.0 Å². The van der Waals surface area contributed by atoms with Crippen molar-refractivity contribution in [2.24, 2.45) is 5.92 Å². The molecule has 0 radical (unpaired) electrons. The van der Waals surface area contributed by atoms with Gasteiger partial charge in [0.15, 0.2) is 0 Å². The molecule has 2 amide bonds. The van der Waals surface area contributed by atoms with Gasteiger partial charge in [-0.25, -0.2) is 9.59 Å². The lowest BCUT2D eigenvalue weighted by Gasteiger charge is -2.51. The summed E-state index contributed by atoms with van der Waals surface area (Å²) < 4.78 is 15.9. The quantitative estimate of drug-likeness (QED) is 0.503. The second-order valence-corrected chi connectivity index (χ2v) is 10.0. The van der Waals surface area contributed by atoms with E-state index in [1.165, 1.54) is 16.9 Å². The number of amides is 2. The Morgan fingerprint density at radius 1 is 1.03 bits per heavy atom. The SMILES string of the molecule is CC(=O)NCC1=C(OC(=O)OC(C)(C)C)N2C(=O)[C@@H]3[C@H]2C1CCN3OC(=O)OC(C)(C)C. The van der Waals surface area contributed by atoms with Gasteiger partial charge in [0.05, 0.1) is 6.04 Å². The Bertz CT molecular complexity index is 854. The van der Waals surface area contributed by atoms with Gasteiger partial charge in [-0.2, -0.15) is 0 Å². The van der Waals surface area contributed by atoms with Crippen LogP contribution in [0.1, 0.15) is 54.9 Å². The Hall–Kier alpha value is -2.82. The average molecular weight is 453 g/mol. The van der Waals surface area contributed by atoms with Gasteiger partial charge in [0.2, 0.25) is 11.8 Å². The molecule has 3 aliphatic rings. The molecular weight excluding hydrogens is 422 g/mol. The zero-order valence-electron chi connectivity index (χ0n) is 19.5. The Morgan fingerprint density at radius 2 is 1.62 bits per heavy atom. The molecule has 0 saturated carbocycles. The van der Waals surface area contributed by atoms with Crippen LogP contribution in [0, 0.1) is 5.92 Å². The van der Waals surface area contributed by atoms with Crippen LogP contribution in [0.3, 0.4) is 0 Å². The van der Waals surface area contributed by atoms with Crippen LogP contribution >= 0.6 is 0 Å². The molecular formula is C21H31N3O8. The fraction of sp³-hybridized carbons (Fsp3) is 0.714. The Morgan fingerprint density at radius 3 is 2.19 bits per heavy atom. The summed E-state index contributed by atoms with van der Waals surface area (Å²) in [4.78, 5) is 55.6. The van der Waals surface area contributed by atoms with E-state index in [0.717, 1.165) is 0 Å². The van der Waals surface area contributed by atoms with Crippen molar-refractivity contribution >= 4 is 24.1 Å². The molecule has 0 aliphatic carbocycles. The number of carbonyl (C=O) groups is 4. The van der Waals surface area contributed by atoms with Crippen LogP contribution in [-0.2, 0) is 28.6 Å². The molecule has 3 rings (SSSR count). The largest absolute Gasteiger partial charge is 0.528 e. The van der Waals surface area contributed by atoms with Crippen molar-refractivity contribution in [1.29, 1.82) is 0 Å². The first kappa shape index (κ1) is 23.8. The highest BCUT2D eigenvalue weighted by molar-refractivity contribution is 5.93. The van der Waals surface area contributed by atoms with Crippen molar-refractivity contribution < 1.29 is 38.2 Å². The Balaban J connectivity index is 1.79. The summed E-state index contributed by atoms with van der Waals surface area (Å²) in [5, 5.41) is 4.03. The standard InChI is InChI=1S/C21H31N3O8/c1-11(25)22-10-13-12-8-9-23(32-19(28)31-21(5,6)7)15-14(12)24(16(15)26)17(13)29-18(27)30-20(2,3)4/h12,14-15H,8-10H2,1-7H3,(H,22,25)/t12?,14-,15+/m1/s1. The van der Waals surface area contributed by atoms with Crippen molar-refractivity contribution in [3.63, 3.8) is 0 Å². The molecule has 1 N–H and O–H groups in total. The van der Waals surface area contributed by atoms with Gasteiger partial charge >= 0.3 is 12.3 Å². The van der Waals surface area contributed by atoms with Crippen LogP contribution in [0.5, 0.6) is 0 Å². The first-order valence-corrected chi connectivity index (χ1v) is 10.6. The highest BCUT2D eigenvalue weighted by Gasteiger charge is 2.64. The monoisotopic (exact) mass is 453 g/mol. The maximum atomic E-state index is 13.0. The van der Waals surface area contributed by atoms with Gasteiger partial charge in [-0.3, -0.25) is 14.5 Å². The van der Waals surface area contributed by atoms with Crippen LogP contribution in [0.25, 0.3) is 0 Å². The minimum Gasteiger partial charge on any atom is -0.428 e. The number of nitrogens with zero attached hydrogens (tertiary/aromatic N) is 2. The number of ether oxygens (including phenoxy) is 3. The zero-order valence-corrected chi connectivity index (χ0v) is 19.5. The minimum absolute atomic E-state index is 0.0726. The predicted molar refractivity (Wildman–Crippen MR) is 110 cm³/mol. The fourth-order valence-corrected chi connectivity index (χ4v) is 4.05. The number of rotatable bonds is 4. The van der Waals surface area contributed by atoms with E-state index in [1.807, 2.05) is 0 Å². The van der Waals surface area contributed by atoms with Gasteiger partial charge in [-0.1, -0.05) is 0 Å². The summed E-state index contributed by atoms with van der Waals surface area (Å²) >= 11 is 0. The first-order valence-electron chi connectivity index (χ1n) is 10.6. The number of piperidine rings is 1. The van der Waals surface area contributed by atoms with Crippen LogP contribution in [-0.4, -0.2) is 70.5 Å². The third kappa shape index (κ3) is 4.98. The molecule has 32 heavy (non-hydrogen) atoms. The third-order valence-electron chi connectivity index (χ3n) is 5.11. The highest BCUT2D eigenvalue weighted by Crippen LogP contribution is 2.49. The van der Waals surface area contributed by atoms with Crippen molar-refractivity contribution in [2.45, 2.75) is 78.2 Å². The van der Waals surface area contributed by atoms with Gasteiger partial charge in [0, 0.05) is 31.5 Å². The summed E-state index contributed by atoms with van der Waals surface area (Å²) in [6.07, 6.45) is -1.31. The molecule has 178 valence electrons. The molecule has 11 heteroatoms. The van der Waals surface area contributed by atoms with E-state index >= 15 is 0 Å². The van der Waals surface area contributed by atoms with Crippen molar-refractivity contribution in [3.05, 3.63) is 11.5 Å². The maximum Gasteiger partial charge on any atom is 0.528 e. The van der Waals surface area contributed by atoms with Gasteiger partial charge in [0.25, 0.3) is 5.91 Å². The molecule has 0 aromatic carbocycles. The van der Waals surface area contributed by atoms with Crippen LogP contribution in [0.15, 0.2) is 11.5 Å². The molecule has 1 unspecified atom stereocenters. The van der Waals surface area contributed by atoms with Crippen molar-refractivity contribution in [2.75, 3.05) is 13.1 Å².